The molecule has 44 heavy (non-hydrogen) atoms. The molecule has 0 radical (unpaired) electrons. The molecule has 3 rings (SSSR count). The number of halogens is 3. The van der Waals surface area contributed by atoms with Crippen LogP contribution in [0.25, 0.3) is 0 Å². The highest BCUT2D eigenvalue weighted by Crippen LogP contribution is 2.33. The van der Waals surface area contributed by atoms with Crippen LogP contribution in [0.3, 0.4) is 0 Å². The molecule has 238 valence electrons. The lowest BCUT2D eigenvalue weighted by Gasteiger charge is -2.33. The fraction of sp³-hybridized carbons (Fsp3) is 0.355. The molecule has 0 aliphatic carbocycles. The maximum Gasteiger partial charge on any atom is 0.264 e. The van der Waals surface area contributed by atoms with Crippen molar-refractivity contribution < 1.29 is 31.9 Å². The van der Waals surface area contributed by atoms with Crippen LogP contribution in [0.2, 0.25) is 10.0 Å². The Balaban J connectivity index is 2.11. The number of benzene rings is 3. The number of methoxy groups -OCH3 is 2. The molecule has 13 heteroatoms. The summed E-state index contributed by atoms with van der Waals surface area (Å²) in [6.45, 7) is 4.77. The third kappa shape index (κ3) is 8.34. The Morgan fingerprint density at radius 2 is 1.57 bits per heavy atom. The molecule has 0 spiro atoms. The molecule has 0 fully saturated rings. The van der Waals surface area contributed by atoms with Gasteiger partial charge in [0.25, 0.3) is 10.0 Å². The Labute approximate surface area is 267 Å². The molecule has 2 amide bonds. The van der Waals surface area contributed by atoms with Gasteiger partial charge in [0, 0.05) is 18.7 Å². The van der Waals surface area contributed by atoms with E-state index in [1.54, 1.807) is 25.1 Å². The van der Waals surface area contributed by atoms with Gasteiger partial charge in [0.05, 0.1) is 34.8 Å². The van der Waals surface area contributed by atoms with E-state index in [2.05, 4.69) is 5.32 Å². The highest BCUT2D eigenvalue weighted by Gasteiger charge is 2.34. The fourth-order valence-corrected chi connectivity index (χ4v) is 6.19. The van der Waals surface area contributed by atoms with Crippen LogP contribution in [0.1, 0.15) is 39.2 Å². The standard InChI is InChI=1S/C31H36Cl2FN3O6S/c1-6-20(3)35-31(39)27(7-2)36(18-21-8-14-25(32)26(33)16-21)30(38)19-37(23-11-9-22(34)10-12-23)44(40,41)24-13-15-28(42-4)29(17-24)43-5/h8-17,20,27H,6-7,18-19H2,1-5H3,(H,35,39)/t20-,27-/m1/s1. The van der Waals surface area contributed by atoms with Crippen molar-refractivity contribution in [3.63, 3.8) is 0 Å². The van der Waals surface area contributed by atoms with E-state index in [1.165, 1.54) is 49.5 Å². The average molecular weight is 669 g/mol. The molecular formula is C31H36Cl2FN3O6S. The van der Waals surface area contributed by atoms with E-state index in [9.17, 15) is 22.4 Å². The lowest BCUT2D eigenvalue weighted by atomic mass is 10.1. The summed E-state index contributed by atoms with van der Waals surface area (Å²) in [5.41, 5.74) is 0.625. The SMILES string of the molecule is CC[C@@H](C)NC(=O)[C@@H](CC)N(Cc1ccc(Cl)c(Cl)c1)C(=O)CN(c1ccc(F)cc1)S(=O)(=O)c1ccc(OC)c(OC)c1. The molecule has 0 saturated carbocycles. The summed E-state index contributed by atoms with van der Waals surface area (Å²) in [7, 11) is -1.64. The van der Waals surface area contributed by atoms with E-state index in [0.717, 1.165) is 16.4 Å². The number of anilines is 1. The molecule has 1 N–H and O–H groups in total. The first-order valence-corrected chi connectivity index (χ1v) is 16.1. The Morgan fingerprint density at radius 3 is 2.14 bits per heavy atom. The van der Waals surface area contributed by atoms with Gasteiger partial charge in [-0.1, -0.05) is 43.1 Å². The predicted octanol–water partition coefficient (Wildman–Crippen LogP) is 6.07. The second-order valence-electron chi connectivity index (χ2n) is 10.0. The number of ether oxygens (including phenoxy) is 2. The third-order valence-corrected chi connectivity index (χ3v) is 9.57. The van der Waals surface area contributed by atoms with Gasteiger partial charge < -0.3 is 19.7 Å². The Kier molecular flexibility index (Phi) is 12.3. The zero-order chi connectivity index (χ0) is 32.6. The summed E-state index contributed by atoms with van der Waals surface area (Å²) < 4.78 is 53.5. The molecule has 0 aliphatic heterocycles. The van der Waals surface area contributed by atoms with E-state index in [4.69, 9.17) is 32.7 Å². The van der Waals surface area contributed by atoms with Crippen LogP contribution in [0, 0.1) is 5.82 Å². The van der Waals surface area contributed by atoms with Crippen LogP contribution in [-0.4, -0.2) is 58.0 Å². The van der Waals surface area contributed by atoms with Crippen LogP contribution in [0.5, 0.6) is 11.5 Å². The monoisotopic (exact) mass is 667 g/mol. The van der Waals surface area contributed by atoms with Gasteiger partial charge in [0.15, 0.2) is 11.5 Å². The van der Waals surface area contributed by atoms with E-state index in [-0.39, 0.29) is 46.3 Å². The first-order chi connectivity index (χ1) is 20.9. The van der Waals surface area contributed by atoms with Gasteiger partial charge in [-0.2, -0.15) is 0 Å². The van der Waals surface area contributed by atoms with Gasteiger partial charge in [0.2, 0.25) is 11.8 Å². The maximum atomic E-state index is 14.2. The van der Waals surface area contributed by atoms with Crippen molar-refractivity contribution in [2.75, 3.05) is 25.1 Å². The number of carbonyl (C=O) groups is 2. The van der Waals surface area contributed by atoms with Gasteiger partial charge in [-0.25, -0.2) is 12.8 Å². The summed E-state index contributed by atoms with van der Waals surface area (Å²) in [6, 6.07) is 12.5. The lowest BCUT2D eigenvalue weighted by Crippen LogP contribution is -2.53. The summed E-state index contributed by atoms with van der Waals surface area (Å²) in [6.07, 6.45) is 0.916. The number of hydrogen-bond donors (Lipinski definition) is 1. The topological polar surface area (TPSA) is 105 Å². The minimum absolute atomic E-state index is 0.0427. The smallest absolute Gasteiger partial charge is 0.264 e. The first-order valence-electron chi connectivity index (χ1n) is 13.9. The largest absolute Gasteiger partial charge is 0.493 e. The van der Waals surface area contributed by atoms with Crippen molar-refractivity contribution in [1.29, 1.82) is 0 Å². The number of carbonyl (C=O) groups excluding carboxylic acids is 2. The molecule has 0 aromatic heterocycles. The second-order valence-corrected chi connectivity index (χ2v) is 12.7. The average Bonchev–Trinajstić information content (AvgIpc) is 3.01. The zero-order valence-corrected chi connectivity index (χ0v) is 27.5. The lowest BCUT2D eigenvalue weighted by molar-refractivity contribution is -0.140. The quantitative estimate of drug-likeness (QED) is 0.224. The van der Waals surface area contributed by atoms with E-state index >= 15 is 0 Å². The number of nitrogens with one attached hydrogen (secondary N) is 1. The summed E-state index contributed by atoms with van der Waals surface area (Å²) in [5.74, 6) is -1.17. The van der Waals surface area contributed by atoms with Gasteiger partial charge in [0.1, 0.15) is 18.4 Å². The normalized spacial score (nSPS) is 12.6. The number of sulfonamides is 1. The van der Waals surface area contributed by atoms with Crippen LogP contribution >= 0.6 is 23.2 Å². The van der Waals surface area contributed by atoms with Gasteiger partial charge >= 0.3 is 0 Å². The molecule has 0 unspecified atom stereocenters. The van der Waals surface area contributed by atoms with Crippen molar-refractivity contribution in [2.45, 2.75) is 57.1 Å². The van der Waals surface area contributed by atoms with Gasteiger partial charge in [-0.15, -0.1) is 0 Å². The summed E-state index contributed by atoms with van der Waals surface area (Å²) in [5, 5.41) is 3.49. The third-order valence-electron chi connectivity index (χ3n) is 7.06. The molecule has 0 aliphatic rings. The Morgan fingerprint density at radius 1 is 0.909 bits per heavy atom. The van der Waals surface area contributed by atoms with Crippen molar-refractivity contribution in [3.8, 4) is 11.5 Å². The molecule has 9 nitrogen and oxygen atoms in total. The summed E-state index contributed by atoms with van der Waals surface area (Å²) >= 11 is 12.3. The highest BCUT2D eigenvalue weighted by molar-refractivity contribution is 7.92. The predicted molar refractivity (Wildman–Crippen MR) is 169 cm³/mol. The molecule has 0 saturated heterocycles. The van der Waals surface area contributed by atoms with Crippen LogP contribution in [0.4, 0.5) is 10.1 Å². The van der Waals surface area contributed by atoms with E-state index in [1.807, 2.05) is 13.8 Å². The molecule has 2 atom stereocenters. The van der Waals surface area contributed by atoms with Gasteiger partial charge in [-0.3, -0.25) is 13.9 Å². The van der Waals surface area contributed by atoms with Crippen molar-refractivity contribution in [1.82, 2.24) is 10.2 Å². The highest BCUT2D eigenvalue weighted by atomic mass is 35.5. The molecule has 3 aromatic rings. The van der Waals surface area contributed by atoms with Crippen molar-refractivity contribution in [2.24, 2.45) is 0 Å². The van der Waals surface area contributed by atoms with Crippen LogP contribution < -0.4 is 19.1 Å². The van der Waals surface area contributed by atoms with Crippen LogP contribution in [-0.2, 0) is 26.2 Å². The number of amides is 2. The van der Waals surface area contributed by atoms with E-state index in [0.29, 0.717) is 22.8 Å². The van der Waals surface area contributed by atoms with Gasteiger partial charge in [-0.05, 0) is 73.9 Å². The van der Waals surface area contributed by atoms with Crippen LogP contribution in [0.15, 0.2) is 65.6 Å². The van der Waals surface area contributed by atoms with E-state index < -0.39 is 34.3 Å². The molecule has 0 heterocycles. The van der Waals surface area contributed by atoms with Crippen molar-refractivity contribution >= 4 is 50.7 Å². The van der Waals surface area contributed by atoms with Crippen molar-refractivity contribution in [3.05, 3.63) is 82.1 Å². The zero-order valence-electron chi connectivity index (χ0n) is 25.1. The number of rotatable bonds is 14. The Bertz CT molecular complexity index is 1570. The number of hydrogen-bond acceptors (Lipinski definition) is 6. The number of nitrogens with zero attached hydrogens (tertiary/aromatic N) is 2. The summed E-state index contributed by atoms with van der Waals surface area (Å²) in [4.78, 5) is 28.7. The molecule has 0 bridgehead atoms. The Hall–Kier alpha value is -3.54. The minimum atomic E-state index is -4.43. The molecule has 3 aromatic carbocycles. The maximum absolute atomic E-state index is 14.2. The minimum Gasteiger partial charge on any atom is -0.493 e. The second kappa shape index (κ2) is 15.5. The first kappa shape index (κ1) is 34.9. The molecular weight excluding hydrogens is 632 g/mol. The fourth-order valence-electron chi connectivity index (χ4n) is 4.44.